The van der Waals surface area contributed by atoms with E-state index in [0.29, 0.717) is 41.4 Å². The van der Waals surface area contributed by atoms with Gasteiger partial charge in [0, 0.05) is 29.3 Å². The summed E-state index contributed by atoms with van der Waals surface area (Å²) < 4.78 is 31.1. The van der Waals surface area contributed by atoms with E-state index < -0.39 is 6.17 Å². The minimum Gasteiger partial charge on any atom is -0.504 e. The van der Waals surface area contributed by atoms with Crippen LogP contribution in [0.2, 0.25) is 0 Å². The van der Waals surface area contributed by atoms with Crippen LogP contribution in [0, 0.1) is 5.82 Å². The molecule has 0 saturated carbocycles. The van der Waals surface area contributed by atoms with E-state index in [2.05, 4.69) is 5.32 Å². The molecule has 0 aliphatic carbocycles. The van der Waals surface area contributed by atoms with Crippen LogP contribution in [0.1, 0.15) is 42.2 Å². The summed E-state index contributed by atoms with van der Waals surface area (Å²) >= 11 is 0. The average molecular weight is 434 g/mol. The summed E-state index contributed by atoms with van der Waals surface area (Å²) in [7, 11) is 0. The Labute approximate surface area is 185 Å². The van der Waals surface area contributed by atoms with Crippen LogP contribution in [-0.2, 0) is 0 Å². The monoisotopic (exact) mass is 434 g/mol. The van der Waals surface area contributed by atoms with Crippen LogP contribution in [-0.4, -0.2) is 24.2 Å². The SMILES string of the molecule is CCOc1cccc([C@H]2CC(c3ccc4c(c3)OCO4)=N[C@H](c3ccccc3F)N2)c1O. The van der Waals surface area contributed by atoms with E-state index in [9.17, 15) is 9.50 Å². The molecule has 0 spiro atoms. The summed E-state index contributed by atoms with van der Waals surface area (Å²) in [5, 5.41) is 14.2. The Bertz CT molecular complexity index is 1180. The molecule has 0 unspecified atom stereocenters. The predicted octanol–water partition coefficient (Wildman–Crippen LogP) is 4.88. The third-order valence-electron chi connectivity index (χ3n) is 5.65. The maximum absolute atomic E-state index is 14.6. The molecular weight excluding hydrogens is 411 g/mol. The lowest BCUT2D eigenvalue weighted by molar-refractivity contribution is 0.174. The average Bonchev–Trinajstić information content (AvgIpc) is 3.28. The van der Waals surface area contributed by atoms with Crippen molar-refractivity contribution in [3.05, 3.63) is 83.2 Å². The van der Waals surface area contributed by atoms with E-state index in [-0.39, 0.29) is 24.4 Å². The topological polar surface area (TPSA) is 72.3 Å². The normalized spacial score (nSPS) is 19.5. The van der Waals surface area contributed by atoms with Crippen molar-refractivity contribution in [3.8, 4) is 23.0 Å². The van der Waals surface area contributed by atoms with Crippen LogP contribution in [0.15, 0.2) is 65.7 Å². The van der Waals surface area contributed by atoms with Gasteiger partial charge in [0.15, 0.2) is 23.0 Å². The number of phenolic OH excluding ortho intramolecular Hbond substituents is 1. The minimum absolute atomic E-state index is 0.0751. The molecule has 2 atom stereocenters. The third-order valence-corrected chi connectivity index (χ3v) is 5.65. The summed E-state index contributed by atoms with van der Waals surface area (Å²) in [6, 6.07) is 17.3. The van der Waals surface area contributed by atoms with Gasteiger partial charge in [-0.2, -0.15) is 0 Å². The van der Waals surface area contributed by atoms with E-state index in [1.807, 2.05) is 37.3 Å². The number of aromatic hydroxyl groups is 1. The van der Waals surface area contributed by atoms with Gasteiger partial charge in [-0.05, 0) is 42.8 Å². The molecule has 2 N–H and O–H groups in total. The number of hydrogen-bond donors (Lipinski definition) is 2. The van der Waals surface area contributed by atoms with Gasteiger partial charge in [0.05, 0.1) is 6.61 Å². The maximum atomic E-state index is 14.6. The van der Waals surface area contributed by atoms with Gasteiger partial charge in [-0.15, -0.1) is 0 Å². The lowest BCUT2D eigenvalue weighted by Gasteiger charge is -2.31. The molecule has 0 bridgehead atoms. The minimum atomic E-state index is -0.620. The number of halogens is 1. The van der Waals surface area contributed by atoms with E-state index >= 15 is 0 Å². The van der Waals surface area contributed by atoms with Crippen molar-refractivity contribution in [1.29, 1.82) is 0 Å². The lowest BCUT2D eigenvalue weighted by Crippen LogP contribution is -2.33. The second-order valence-electron chi connectivity index (χ2n) is 7.62. The molecular formula is C25H23FN2O4. The molecule has 32 heavy (non-hydrogen) atoms. The van der Waals surface area contributed by atoms with Gasteiger partial charge in [0.1, 0.15) is 12.0 Å². The Kier molecular flexibility index (Phi) is 5.41. The zero-order valence-electron chi connectivity index (χ0n) is 17.5. The highest BCUT2D eigenvalue weighted by molar-refractivity contribution is 6.02. The Hall–Kier alpha value is -3.58. The molecule has 2 aliphatic rings. The molecule has 0 fully saturated rings. The number of nitrogens with one attached hydrogen (secondary N) is 1. The predicted molar refractivity (Wildman–Crippen MR) is 118 cm³/mol. The summed E-state index contributed by atoms with van der Waals surface area (Å²) in [6.07, 6.45) is -0.126. The summed E-state index contributed by atoms with van der Waals surface area (Å²) in [5.74, 6) is 1.50. The van der Waals surface area contributed by atoms with Gasteiger partial charge in [-0.1, -0.05) is 30.3 Å². The smallest absolute Gasteiger partial charge is 0.231 e. The van der Waals surface area contributed by atoms with Crippen molar-refractivity contribution < 1.29 is 23.7 Å². The number of nitrogens with zero attached hydrogens (tertiary/aromatic N) is 1. The molecule has 3 aromatic rings. The number of phenols is 1. The molecule has 2 aliphatic heterocycles. The molecule has 3 aromatic carbocycles. The Balaban J connectivity index is 1.57. The summed E-state index contributed by atoms with van der Waals surface area (Å²) in [4.78, 5) is 4.83. The first-order chi connectivity index (χ1) is 15.6. The fourth-order valence-electron chi connectivity index (χ4n) is 4.11. The first-order valence-electron chi connectivity index (χ1n) is 10.6. The van der Waals surface area contributed by atoms with Crippen LogP contribution in [0.3, 0.4) is 0 Å². The van der Waals surface area contributed by atoms with Crippen molar-refractivity contribution in [3.63, 3.8) is 0 Å². The van der Waals surface area contributed by atoms with Crippen LogP contribution >= 0.6 is 0 Å². The van der Waals surface area contributed by atoms with E-state index in [1.54, 1.807) is 24.3 Å². The fourth-order valence-corrected chi connectivity index (χ4v) is 4.11. The highest BCUT2D eigenvalue weighted by Crippen LogP contribution is 2.40. The van der Waals surface area contributed by atoms with Crippen LogP contribution in [0.5, 0.6) is 23.0 Å². The maximum Gasteiger partial charge on any atom is 0.231 e. The Morgan fingerprint density at radius 3 is 2.72 bits per heavy atom. The molecule has 6 nitrogen and oxygen atoms in total. The van der Waals surface area contributed by atoms with Crippen LogP contribution in [0.25, 0.3) is 0 Å². The second-order valence-corrected chi connectivity index (χ2v) is 7.62. The highest BCUT2D eigenvalue weighted by Gasteiger charge is 2.30. The molecule has 164 valence electrons. The van der Waals surface area contributed by atoms with E-state index in [1.165, 1.54) is 6.07 Å². The van der Waals surface area contributed by atoms with Crippen LogP contribution in [0.4, 0.5) is 4.39 Å². The van der Waals surface area contributed by atoms with Crippen molar-refractivity contribution in [2.75, 3.05) is 13.4 Å². The van der Waals surface area contributed by atoms with Gasteiger partial charge < -0.3 is 19.3 Å². The highest BCUT2D eigenvalue weighted by atomic mass is 19.1. The van der Waals surface area contributed by atoms with Gasteiger partial charge in [0.2, 0.25) is 6.79 Å². The van der Waals surface area contributed by atoms with E-state index in [0.717, 1.165) is 11.3 Å². The zero-order chi connectivity index (χ0) is 22.1. The van der Waals surface area contributed by atoms with Gasteiger partial charge in [0.25, 0.3) is 0 Å². The molecule has 7 heteroatoms. The quantitative estimate of drug-likeness (QED) is 0.599. The molecule has 2 heterocycles. The van der Waals surface area contributed by atoms with Crippen molar-refractivity contribution in [2.45, 2.75) is 25.6 Å². The second kappa shape index (κ2) is 8.51. The zero-order valence-corrected chi connectivity index (χ0v) is 17.5. The number of rotatable bonds is 5. The third kappa shape index (κ3) is 3.76. The summed E-state index contributed by atoms with van der Waals surface area (Å²) in [6.45, 7) is 2.49. The molecule has 0 radical (unpaired) electrons. The number of fused-ring (bicyclic) bond motifs is 1. The number of hydrogen-bond acceptors (Lipinski definition) is 6. The van der Waals surface area contributed by atoms with E-state index in [4.69, 9.17) is 19.2 Å². The Morgan fingerprint density at radius 2 is 1.88 bits per heavy atom. The number of benzene rings is 3. The largest absolute Gasteiger partial charge is 0.504 e. The van der Waals surface area contributed by atoms with Crippen molar-refractivity contribution in [2.24, 2.45) is 4.99 Å². The van der Waals surface area contributed by atoms with Gasteiger partial charge in [-0.3, -0.25) is 10.3 Å². The standard InChI is InChI=1S/C25H23FN2O4/c1-2-30-22-9-5-7-17(24(22)29)20-13-19(15-10-11-21-23(12-15)32-14-31-21)27-25(28-20)16-6-3-4-8-18(16)26/h3-12,20,25,28-29H,2,13-14H2,1H3/t20-,25+/m1/s1. The summed E-state index contributed by atoms with van der Waals surface area (Å²) in [5.41, 5.74) is 2.75. The lowest BCUT2D eigenvalue weighted by atomic mass is 9.93. The number of ether oxygens (including phenoxy) is 3. The number of aliphatic imine (C=N–C) groups is 1. The first kappa shape index (κ1) is 20.3. The van der Waals surface area contributed by atoms with Crippen LogP contribution < -0.4 is 19.5 Å². The van der Waals surface area contributed by atoms with Crippen molar-refractivity contribution in [1.82, 2.24) is 5.32 Å². The molecule has 0 aromatic heterocycles. The first-order valence-corrected chi connectivity index (χ1v) is 10.6. The molecule has 0 amide bonds. The Morgan fingerprint density at radius 1 is 1.06 bits per heavy atom. The fraction of sp³-hybridized carbons (Fsp3) is 0.240. The molecule has 5 rings (SSSR count). The molecule has 0 saturated heterocycles. The van der Waals surface area contributed by atoms with Gasteiger partial charge >= 0.3 is 0 Å². The number of para-hydroxylation sites is 1. The van der Waals surface area contributed by atoms with Crippen molar-refractivity contribution >= 4 is 5.71 Å². The van der Waals surface area contributed by atoms with Gasteiger partial charge in [-0.25, -0.2) is 4.39 Å².